The van der Waals surface area contributed by atoms with Gasteiger partial charge in [-0.3, -0.25) is 0 Å². The monoisotopic (exact) mass is 1390 g/mol. The van der Waals surface area contributed by atoms with Gasteiger partial charge in [0, 0.05) is 0 Å². The van der Waals surface area contributed by atoms with E-state index in [2.05, 4.69) is 138 Å². The summed E-state index contributed by atoms with van der Waals surface area (Å²) in [6.45, 7) is 13.8. The summed E-state index contributed by atoms with van der Waals surface area (Å²) in [7, 11) is 0. The third-order valence-electron chi connectivity index (χ3n) is 16.9. The first-order valence-corrected chi connectivity index (χ1v) is 40.0. The molecular formula is C78H135O2PS2Zn3. The smallest absolute Gasteiger partial charge is 0.850 e. The molecule has 0 bridgehead atoms. The van der Waals surface area contributed by atoms with Gasteiger partial charge in [-0.05, 0) is 0 Å². The van der Waals surface area contributed by atoms with E-state index in [0.717, 1.165) is 0 Å². The molecule has 0 saturated heterocycles. The minimum absolute atomic E-state index is 0. The Labute approximate surface area is 587 Å². The van der Waals surface area contributed by atoms with E-state index in [-0.39, 0.29) is 58.4 Å². The third-order valence-corrected chi connectivity index (χ3v) is 16.9. The maximum atomic E-state index is 9.29. The molecule has 0 amide bonds. The maximum absolute atomic E-state index is 9.29. The molecule has 0 aromatic heterocycles. The van der Waals surface area contributed by atoms with E-state index >= 15 is 0 Å². The molecule has 0 unspecified atom stereocenters. The van der Waals surface area contributed by atoms with Gasteiger partial charge < -0.3 is 27.7 Å². The summed E-state index contributed by atoms with van der Waals surface area (Å²) in [6.07, 6.45) is 75.0. The van der Waals surface area contributed by atoms with Crippen LogP contribution in [0.2, 0.25) is 0 Å². The Morgan fingerprint density at radius 2 is 0.419 bits per heavy atom. The number of hydrogen-bond acceptors (Lipinski definition) is 4. The minimum atomic E-state index is -3.72. The molecule has 0 saturated carbocycles. The zero-order valence-electron chi connectivity index (χ0n) is 58.1. The van der Waals surface area contributed by atoms with Crippen LogP contribution in [0.3, 0.4) is 0 Å². The number of hydrogen-bond donors (Lipinski definition) is 0. The molecule has 0 fully saturated rings. The zero-order valence-corrected chi connectivity index (χ0v) is 69.5. The molecule has 0 N–H and O–H groups in total. The molecule has 0 heterocycles. The van der Waals surface area contributed by atoms with Crippen molar-refractivity contribution in [3.63, 3.8) is 0 Å². The summed E-state index contributed by atoms with van der Waals surface area (Å²) >= 11 is 7.28. The maximum Gasteiger partial charge on any atom is 2.00 e. The average Bonchev–Trinajstić information content (AvgIpc) is 3.61. The molecule has 3 aromatic rings. The summed E-state index contributed by atoms with van der Waals surface area (Å²) in [5.74, 6) is 0. The molecule has 3 aromatic carbocycles. The summed E-state index contributed by atoms with van der Waals surface area (Å²) in [6, 6.07) is 30.5. The van der Waals surface area contributed by atoms with E-state index in [9.17, 15) is 9.79 Å². The molecule has 0 aliphatic rings. The van der Waals surface area contributed by atoms with E-state index in [1.165, 1.54) is 363 Å². The summed E-state index contributed by atoms with van der Waals surface area (Å²) in [5, 5.41) is 0. The van der Waals surface area contributed by atoms with Crippen LogP contribution in [0.15, 0.2) is 54.6 Å². The van der Waals surface area contributed by atoms with Gasteiger partial charge in [0.1, 0.15) is 0 Å². The Bertz CT molecular complexity index is 1490. The molecular weight excluding hydrogens is 1260 g/mol. The molecule has 482 valence electrons. The fourth-order valence-electron chi connectivity index (χ4n) is 11.6. The fraction of sp³-hybridized carbons (Fsp3) is 0.769. The number of rotatable bonds is 54. The number of benzene rings is 3. The quantitative estimate of drug-likeness (QED) is 0.0186. The topological polar surface area (TPSA) is 46.1 Å². The van der Waals surface area contributed by atoms with Gasteiger partial charge in [0.05, 0.1) is 0 Å². The Kier molecular flexibility index (Phi) is 80.4. The zero-order chi connectivity index (χ0) is 60.6. The molecule has 0 spiro atoms. The van der Waals surface area contributed by atoms with Crippen LogP contribution in [0.1, 0.15) is 383 Å². The summed E-state index contributed by atoms with van der Waals surface area (Å²) in [4.78, 5) is 18.6. The van der Waals surface area contributed by atoms with Gasteiger partial charge in [0.2, 0.25) is 0 Å². The van der Waals surface area contributed by atoms with Gasteiger partial charge in [-0.2, -0.15) is 118 Å². The van der Waals surface area contributed by atoms with Crippen LogP contribution in [-0.2, 0) is 121 Å². The second kappa shape index (κ2) is 74.5. The SMILES string of the molecule is CCCCCCCCCCc1[c-]cccc1CCCCCCCCCC.CCCCCCCCCCc1[c-]cccc1CCCCCCCCCC.CCCCCCCCCCc1[c-]cccc1CCCCCCCCCC.[O-]P([O-])(=S)[S-].[Zn+2].[Zn+2].[Zn+2]. The normalized spacial score (nSPS) is 10.8. The van der Waals surface area contributed by atoms with Crippen molar-refractivity contribution in [2.75, 3.05) is 0 Å². The van der Waals surface area contributed by atoms with E-state index in [4.69, 9.17) is 0 Å². The standard InChI is InChI=1S/3C26H45.H3O2PS2.3Zn/c3*1-3-5-7-9-11-13-15-17-21-25-23-19-20-24-26(25)22-18-16-14-12-10-8-6-4-2;1-3(2,4)5;;;/h3*19-20,23H,3-18,21-22H2,1-2H3;(H3,1,2,4,5);;;/q3*-1;;3*+2/p-3. The molecule has 3 rings (SSSR count). The predicted octanol–water partition coefficient (Wildman–Crippen LogP) is 25.0. The van der Waals surface area contributed by atoms with Crippen molar-refractivity contribution in [2.24, 2.45) is 0 Å². The van der Waals surface area contributed by atoms with Gasteiger partial charge in [0.25, 0.3) is 0 Å². The van der Waals surface area contributed by atoms with Gasteiger partial charge in [0.15, 0.2) is 0 Å². The first kappa shape index (κ1) is 92.9. The summed E-state index contributed by atoms with van der Waals surface area (Å²) < 4.78 is 0. The van der Waals surface area contributed by atoms with E-state index < -0.39 is 5.69 Å². The Morgan fingerprint density at radius 1 is 0.279 bits per heavy atom. The molecule has 0 radical (unpaired) electrons. The average molecular weight is 1400 g/mol. The van der Waals surface area contributed by atoms with Crippen LogP contribution in [0.4, 0.5) is 0 Å². The third kappa shape index (κ3) is 67.3. The van der Waals surface area contributed by atoms with Gasteiger partial charge in [-0.25, -0.2) is 0 Å². The van der Waals surface area contributed by atoms with Crippen molar-refractivity contribution in [2.45, 2.75) is 388 Å². The minimum Gasteiger partial charge on any atom is -0.850 e. The summed E-state index contributed by atoms with van der Waals surface area (Å²) in [5.41, 5.74) is 5.49. The van der Waals surface area contributed by atoms with E-state index in [0.29, 0.717) is 0 Å². The second-order valence-corrected chi connectivity index (χ2v) is 29.3. The largest absolute Gasteiger partial charge is 2.00 e. The Morgan fingerprint density at radius 3 is 0.581 bits per heavy atom. The van der Waals surface area contributed by atoms with Gasteiger partial charge in [-0.1, -0.05) is 388 Å². The van der Waals surface area contributed by atoms with E-state index in [1.54, 1.807) is 16.7 Å². The Hall–Kier alpha value is 0.450. The molecule has 86 heavy (non-hydrogen) atoms. The van der Waals surface area contributed by atoms with Crippen LogP contribution in [0.5, 0.6) is 0 Å². The first-order valence-electron chi connectivity index (χ1n) is 36.3. The predicted molar refractivity (Wildman–Crippen MR) is 375 cm³/mol. The first-order chi connectivity index (χ1) is 40.6. The van der Waals surface area contributed by atoms with Crippen molar-refractivity contribution < 1.29 is 68.2 Å². The molecule has 2 nitrogen and oxygen atoms in total. The van der Waals surface area contributed by atoms with Crippen LogP contribution in [-0.4, -0.2) is 0 Å². The van der Waals surface area contributed by atoms with Crippen LogP contribution >= 0.6 is 5.69 Å². The van der Waals surface area contributed by atoms with Gasteiger partial charge >= 0.3 is 58.4 Å². The second-order valence-electron chi connectivity index (χ2n) is 24.8. The van der Waals surface area contributed by atoms with E-state index in [1.807, 2.05) is 0 Å². The van der Waals surface area contributed by atoms with Crippen molar-refractivity contribution in [3.8, 4) is 0 Å². The molecule has 0 atom stereocenters. The van der Waals surface area contributed by atoms with Crippen molar-refractivity contribution in [1.29, 1.82) is 0 Å². The molecule has 0 aliphatic carbocycles. The van der Waals surface area contributed by atoms with Crippen LogP contribution in [0.25, 0.3) is 0 Å². The van der Waals surface area contributed by atoms with Crippen molar-refractivity contribution in [1.82, 2.24) is 0 Å². The van der Waals surface area contributed by atoms with Crippen molar-refractivity contribution >= 4 is 29.7 Å². The number of aryl methyl sites for hydroxylation is 6. The van der Waals surface area contributed by atoms with Crippen molar-refractivity contribution in [3.05, 3.63) is 106 Å². The Balaban J connectivity index is -0.000000553. The van der Waals surface area contributed by atoms with Crippen LogP contribution < -0.4 is 9.79 Å². The molecule has 0 aliphatic heterocycles. The fourth-order valence-corrected chi connectivity index (χ4v) is 11.6. The van der Waals surface area contributed by atoms with Gasteiger partial charge in [-0.15, -0.1) is 0 Å². The molecule has 8 heteroatoms. The van der Waals surface area contributed by atoms with Crippen LogP contribution in [0, 0.1) is 18.2 Å². The number of unbranched alkanes of at least 4 members (excludes halogenated alkanes) is 42.